The second-order valence-electron chi connectivity index (χ2n) is 3.24. The molecule has 0 spiro atoms. The van der Waals surface area contributed by atoms with Gasteiger partial charge in [-0.25, -0.2) is 4.79 Å². The van der Waals surface area contributed by atoms with Crippen molar-refractivity contribution in [1.82, 2.24) is 0 Å². The van der Waals surface area contributed by atoms with Crippen molar-refractivity contribution in [3.8, 4) is 0 Å². The number of hydrogen-bond acceptors (Lipinski definition) is 4. The summed E-state index contributed by atoms with van der Waals surface area (Å²) in [4.78, 5) is 22.7. The lowest BCUT2D eigenvalue weighted by atomic mass is 10.1. The van der Waals surface area contributed by atoms with Gasteiger partial charge in [0.05, 0.1) is 12.7 Å². The van der Waals surface area contributed by atoms with E-state index in [4.69, 9.17) is 4.42 Å². The first-order valence-electron chi connectivity index (χ1n) is 4.64. The number of hydrogen-bond donors (Lipinski definition) is 0. The SMILES string of the molecule is COC(=O)c1cc2c(o1)CCC=CC2=O. The van der Waals surface area contributed by atoms with Gasteiger partial charge in [0.25, 0.3) is 0 Å². The van der Waals surface area contributed by atoms with Crippen LogP contribution in [0.4, 0.5) is 0 Å². The zero-order valence-electron chi connectivity index (χ0n) is 8.28. The van der Waals surface area contributed by atoms with Gasteiger partial charge in [-0.3, -0.25) is 4.79 Å². The van der Waals surface area contributed by atoms with Gasteiger partial charge >= 0.3 is 5.97 Å². The molecule has 1 aromatic rings. The first kappa shape index (κ1) is 9.71. The standard InChI is InChI=1S/C11H10O4/c1-14-11(13)10-6-7-8(12)4-2-3-5-9(7)15-10/h2,4,6H,3,5H2,1H3. The van der Waals surface area contributed by atoms with E-state index < -0.39 is 5.97 Å². The second-order valence-corrected chi connectivity index (χ2v) is 3.24. The molecule has 0 amide bonds. The number of esters is 1. The number of fused-ring (bicyclic) bond motifs is 1. The Balaban J connectivity index is 2.42. The topological polar surface area (TPSA) is 56.5 Å². The van der Waals surface area contributed by atoms with Crippen LogP contribution in [0.5, 0.6) is 0 Å². The zero-order chi connectivity index (χ0) is 10.8. The third-order valence-electron chi connectivity index (χ3n) is 2.27. The van der Waals surface area contributed by atoms with E-state index in [2.05, 4.69) is 4.74 Å². The number of allylic oxidation sites excluding steroid dienone is 2. The Morgan fingerprint density at radius 2 is 2.33 bits per heavy atom. The monoisotopic (exact) mass is 206 g/mol. The fraction of sp³-hybridized carbons (Fsp3) is 0.273. The van der Waals surface area contributed by atoms with Crippen molar-refractivity contribution in [2.45, 2.75) is 12.8 Å². The number of carbonyl (C=O) groups excluding carboxylic acids is 2. The molecule has 0 aromatic carbocycles. The van der Waals surface area contributed by atoms with Crippen molar-refractivity contribution < 1.29 is 18.7 Å². The summed E-state index contributed by atoms with van der Waals surface area (Å²) in [6.07, 6.45) is 4.68. The van der Waals surface area contributed by atoms with Gasteiger partial charge < -0.3 is 9.15 Å². The molecule has 1 heterocycles. The van der Waals surface area contributed by atoms with E-state index >= 15 is 0 Å². The van der Waals surface area contributed by atoms with Crippen LogP contribution < -0.4 is 0 Å². The van der Waals surface area contributed by atoms with Gasteiger partial charge in [-0.15, -0.1) is 0 Å². The van der Waals surface area contributed by atoms with E-state index in [1.165, 1.54) is 19.3 Å². The molecule has 1 aromatic heterocycles. The van der Waals surface area contributed by atoms with Crippen LogP contribution in [0.15, 0.2) is 22.6 Å². The molecule has 0 saturated carbocycles. The van der Waals surface area contributed by atoms with Crippen LogP contribution in [0.1, 0.15) is 33.1 Å². The molecule has 15 heavy (non-hydrogen) atoms. The summed E-state index contributed by atoms with van der Waals surface area (Å²) in [6.45, 7) is 0. The molecule has 0 aliphatic heterocycles. The van der Waals surface area contributed by atoms with E-state index in [0.717, 1.165) is 6.42 Å². The molecule has 1 aliphatic rings. The first-order valence-corrected chi connectivity index (χ1v) is 4.64. The van der Waals surface area contributed by atoms with Gasteiger partial charge in [0, 0.05) is 12.5 Å². The number of rotatable bonds is 1. The predicted octanol–water partition coefficient (Wildman–Crippen LogP) is 1.75. The Morgan fingerprint density at radius 1 is 1.53 bits per heavy atom. The highest BCUT2D eigenvalue weighted by atomic mass is 16.5. The summed E-state index contributed by atoms with van der Waals surface area (Å²) in [5, 5.41) is 0. The summed E-state index contributed by atoms with van der Waals surface area (Å²) in [6, 6.07) is 1.44. The van der Waals surface area contributed by atoms with Crippen molar-refractivity contribution in [3.63, 3.8) is 0 Å². The highest BCUT2D eigenvalue weighted by molar-refractivity contribution is 6.06. The van der Waals surface area contributed by atoms with Crippen molar-refractivity contribution >= 4 is 11.8 Å². The van der Waals surface area contributed by atoms with Crippen LogP contribution in [-0.4, -0.2) is 18.9 Å². The number of ketones is 1. The molecular weight excluding hydrogens is 196 g/mol. The van der Waals surface area contributed by atoms with Crippen molar-refractivity contribution in [2.24, 2.45) is 0 Å². The third kappa shape index (κ3) is 1.70. The van der Waals surface area contributed by atoms with Crippen LogP contribution in [0.3, 0.4) is 0 Å². The molecule has 78 valence electrons. The van der Waals surface area contributed by atoms with E-state index in [9.17, 15) is 9.59 Å². The fourth-order valence-corrected chi connectivity index (χ4v) is 1.52. The minimum Gasteiger partial charge on any atom is -0.463 e. The van der Waals surface area contributed by atoms with Gasteiger partial charge in [-0.1, -0.05) is 6.08 Å². The van der Waals surface area contributed by atoms with Gasteiger partial charge in [-0.2, -0.15) is 0 Å². The molecule has 0 bridgehead atoms. The lowest BCUT2D eigenvalue weighted by molar-refractivity contribution is 0.0563. The summed E-state index contributed by atoms with van der Waals surface area (Å²) in [7, 11) is 1.28. The summed E-state index contributed by atoms with van der Waals surface area (Å²) in [5.74, 6) is -0.0298. The lowest BCUT2D eigenvalue weighted by Crippen LogP contribution is -1.98. The maximum absolute atomic E-state index is 11.5. The maximum Gasteiger partial charge on any atom is 0.373 e. The average molecular weight is 206 g/mol. The molecule has 0 saturated heterocycles. The molecular formula is C11H10O4. The lowest BCUT2D eigenvalue weighted by Gasteiger charge is -1.93. The Kier molecular flexibility index (Phi) is 2.41. The second kappa shape index (κ2) is 3.73. The Labute approximate surface area is 86.5 Å². The number of carbonyl (C=O) groups is 2. The molecule has 0 N–H and O–H groups in total. The number of aryl methyl sites for hydroxylation is 1. The number of furan rings is 1. The van der Waals surface area contributed by atoms with E-state index in [0.29, 0.717) is 17.7 Å². The molecule has 0 atom stereocenters. The molecule has 0 fully saturated rings. The molecule has 4 heteroatoms. The minimum absolute atomic E-state index is 0.0890. The van der Waals surface area contributed by atoms with Crippen LogP contribution in [0.2, 0.25) is 0 Å². The fourth-order valence-electron chi connectivity index (χ4n) is 1.52. The highest BCUT2D eigenvalue weighted by Crippen LogP contribution is 2.21. The Bertz CT molecular complexity index is 439. The van der Waals surface area contributed by atoms with E-state index in [1.807, 2.05) is 0 Å². The van der Waals surface area contributed by atoms with Gasteiger partial charge in [-0.05, 0) is 12.5 Å². The Hall–Kier alpha value is -1.84. The minimum atomic E-state index is -0.556. The van der Waals surface area contributed by atoms with E-state index in [1.54, 1.807) is 6.08 Å². The quantitative estimate of drug-likeness (QED) is 0.657. The van der Waals surface area contributed by atoms with Gasteiger partial charge in [0.15, 0.2) is 5.78 Å². The maximum atomic E-state index is 11.5. The molecule has 1 aliphatic carbocycles. The van der Waals surface area contributed by atoms with Gasteiger partial charge in [0.1, 0.15) is 5.76 Å². The molecule has 4 nitrogen and oxygen atoms in total. The van der Waals surface area contributed by atoms with Gasteiger partial charge in [0.2, 0.25) is 5.76 Å². The number of ether oxygens (including phenoxy) is 1. The molecule has 0 unspecified atom stereocenters. The summed E-state index contributed by atoms with van der Waals surface area (Å²) >= 11 is 0. The number of methoxy groups -OCH3 is 1. The van der Waals surface area contributed by atoms with Crippen LogP contribution in [0, 0.1) is 0 Å². The Morgan fingerprint density at radius 3 is 3.07 bits per heavy atom. The average Bonchev–Trinajstić information content (AvgIpc) is 2.60. The third-order valence-corrected chi connectivity index (χ3v) is 2.27. The largest absolute Gasteiger partial charge is 0.463 e. The molecule has 0 radical (unpaired) electrons. The van der Waals surface area contributed by atoms with Crippen molar-refractivity contribution in [1.29, 1.82) is 0 Å². The van der Waals surface area contributed by atoms with Crippen LogP contribution in [-0.2, 0) is 11.2 Å². The molecule has 2 rings (SSSR count). The van der Waals surface area contributed by atoms with Crippen LogP contribution >= 0.6 is 0 Å². The van der Waals surface area contributed by atoms with Crippen LogP contribution in [0.25, 0.3) is 0 Å². The zero-order valence-corrected chi connectivity index (χ0v) is 8.28. The highest BCUT2D eigenvalue weighted by Gasteiger charge is 2.21. The van der Waals surface area contributed by atoms with Crippen molar-refractivity contribution in [2.75, 3.05) is 7.11 Å². The summed E-state index contributed by atoms with van der Waals surface area (Å²) in [5.41, 5.74) is 0.462. The summed E-state index contributed by atoms with van der Waals surface area (Å²) < 4.78 is 9.79. The first-order chi connectivity index (χ1) is 7.22. The van der Waals surface area contributed by atoms with Crippen molar-refractivity contribution in [3.05, 3.63) is 35.3 Å². The normalized spacial score (nSPS) is 14.6. The van der Waals surface area contributed by atoms with E-state index in [-0.39, 0.29) is 11.5 Å². The predicted molar refractivity (Wildman–Crippen MR) is 51.8 cm³/mol. The smallest absolute Gasteiger partial charge is 0.373 e.